The summed E-state index contributed by atoms with van der Waals surface area (Å²) in [7, 11) is 3.34. The lowest BCUT2D eigenvalue weighted by Crippen LogP contribution is -2.51. The van der Waals surface area contributed by atoms with Gasteiger partial charge in [-0.25, -0.2) is 0 Å². The summed E-state index contributed by atoms with van der Waals surface area (Å²) in [6.07, 6.45) is 0.673. The van der Waals surface area contributed by atoms with E-state index in [-0.39, 0.29) is 24.3 Å². The van der Waals surface area contributed by atoms with E-state index in [1.807, 2.05) is 74.5 Å². The Kier molecular flexibility index (Phi) is 6.89. The smallest absolute Gasteiger partial charge is 0.247 e. The van der Waals surface area contributed by atoms with Gasteiger partial charge in [0.05, 0.1) is 18.1 Å². The van der Waals surface area contributed by atoms with Gasteiger partial charge in [-0.05, 0) is 41.5 Å². The molecule has 3 N–H and O–H groups in total. The number of carbonyl (C=O) groups is 3. The van der Waals surface area contributed by atoms with E-state index >= 15 is 0 Å². The number of imide groups is 1. The lowest BCUT2D eigenvalue weighted by atomic mass is 9.63. The number of aliphatic hydroxyl groups excluding tert-OH is 1. The Hall–Kier alpha value is -2.81. The molecule has 2 aromatic rings. The average Bonchev–Trinajstić information content (AvgIpc) is 3.31. The van der Waals surface area contributed by atoms with Crippen LogP contribution in [0.1, 0.15) is 44.2 Å². The molecule has 2 aliphatic carbocycles. The van der Waals surface area contributed by atoms with E-state index in [4.69, 9.17) is 5.73 Å². The average molecular weight is 595 g/mol. The van der Waals surface area contributed by atoms with Gasteiger partial charge in [-0.3, -0.25) is 19.3 Å². The molecule has 2 fully saturated rings. The molecule has 1 saturated carbocycles. The fourth-order valence-electron chi connectivity index (χ4n) is 7.43. The predicted molar refractivity (Wildman–Crippen MR) is 154 cm³/mol. The molecule has 7 nitrogen and oxygen atoms in total. The Morgan fingerprint density at radius 3 is 2.08 bits per heavy atom. The molecule has 5 rings (SSSR count). The number of rotatable bonds is 8. The van der Waals surface area contributed by atoms with Crippen LogP contribution in [0.3, 0.4) is 0 Å². The van der Waals surface area contributed by atoms with E-state index in [2.05, 4.69) is 15.9 Å². The largest absolute Gasteiger partial charge is 0.391 e. The molecule has 8 heteroatoms. The minimum absolute atomic E-state index is 0.142. The van der Waals surface area contributed by atoms with Crippen LogP contribution in [-0.4, -0.2) is 69.7 Å². The predicted octanol–water partition coefficient (Wildman–Crippen LogP) is 3.70. The summed E-state index contributed by atoms with van der Waals surface area (Å²) in [5.74, 6) is -1.48. The Bertz CT molecular complexity index is 1350. The first-order chi connectivity index (χ1) is 18.4. The second-order valence-electron chi connectivity index (χ2n) is 11.6. The maximum absolute atomic E-state index is 14.2. The molecular weight excluding hydrogens is 558 g/mol. The van der Waals surface area contributed by atoms with Gasteiger partial charge < -0.3 is 15.7 Å². The number of hydrogen-bond acceptors (Lipinski definition) is 5. The number of likely N-dealkylation sites (tertiary alicyclic amines) is 1. The van der Waals surface area contributed by atoms with Gasteiger partial charge >= 0.3 is 0 Å². The van der Waals surface area contributed by atoms with Gasteiger partial charge in [0.1, 0.15) is 4.32 Å². The van der Waals surface area contributed by atoms with Crippen LogP contribution in [0.15, 0.2) is 60.7 Å². The van der Waals surface area contributed by atoms with Crippen molar-refractivity contribution in [2.45, 2.75) is 49.6 Å². The lowest BCUT2D eigenvalue weighted by molar-refractivity contribution is -0.143. The Balaban J connectivity index is 1.53. The summed E-state index contributed by atoms with van der Waals surface area (Å²) in [6, 6.07) is 19.1. The van der Waals surface area contributed by atoms with Crippen LogP contribution in [0.5, 0.6) is 0 Å². The summed E-state index contributed by atoms with van der Waals surface area (Å²) in [6.45, 7) is 4.10. The first-order valence-electron chi connectivity index (χ1n) is 13.5. The van der Waals surface area contributed by atoms with Crippen LogP contribution in [0.25, 0.3) is 11.1 Å². The number of aliphatic hydroxyl groups is 1. The molecule has 0 radical (unpaired) electrons. The monoisotopic (exact) mass is 593 g/mol. The summed E-state index contributed by atoms with van der Waals surface area (Å²) in [5.41, 5.74) is 7.65. The zero-order valence-electron chi connectivity index (χ0n) is 22.9. The number of amides is 3. The molecule has 1 heterocycles. The van der Waals surface area contributed by atoms with Gasteiger partial charge in [0, 0.05) is 31.5 Å². The molecule has 3 amide bonds. The van der Waals surface area contributed by atoms with Crippen molar-refractivity contribution < 1.29 is 19.5 Å². The number of hydrogen-bond donors (Lipinski definition) is 2. The minimum atomic E-state index is -1.29. The molecule has 0 spiro atoms. The van der Waals surface area contributed by atoms with Gasteiger partial charge in [-0.15, -0.1) is 0 Å². The van der Waals surface area contributed by atoms with Gasteiger partial charge in [0.25, 0.3) is 0 Å². The van der Waals surface area contributed by atoms with Gasteiger partial charge in [-0.1, -0.05) is 90.4 Å². The first kappa shape index (κ1) is 27.7. The van der Waals surface area contributed by atoms with Crippen LogP contribution < -0.4 is 5.73 Å². The highest BCUT2D eigenvalue weighted by molar-refractivity contribution is 9.10. The SMILES string of the molecule is CN(C)C(=O)[C@@H](N)CCCCN1C(=O)C2C3(C)C(c4ccccc4)=C(c4ccccc4)C(C)(C3O)C2(Br)C1=O. The van der Waals surface area contributed by atoms with Crippen molar-refractivity contribution >= 4 is 44.8 Å². The minimum Gasteiger partial charge on any atom is -0.391 e. The summed E-state index contributed by atoms with van der Waals surface area (Å²) in [5, 5.41) is 12.0. The van der Waals surface area contributed by atoms with Crippen molar-refractivity contribution in [3.63, 3.8) is 0 Å². The Morgan fingerprint density at radius 1 is 1.00 bits per heavy atom. The van der Waals surface area contributed by atoms with E-state index in [0.29, 0.717) is 19.3 Å². The van der Waals surface area contributed by atoms with E-state index < -0.39 is 33.2 Å². The van der Waals surface area contributed by atoms with E-state index in [1.165, 1.54) is 9.80 Å². The number of unbranched alkanes of at least 4 members (excludes halogenated alkanes) is 1. The molecule has 6 atom stereocenters. The zero-order valence-corrected chi connectivity index (χ0v) is 24.4. The van der Waals surface area contributed by atoms with E-state index in [1.54, 1.807) is 14.1 Å². The second-order valence-corrected chi connectivity index (χ2v) is 12.9. The van der Waals surface area contributed by atoms with Crippen molar-refractivity contribution in [1.29, 1.82) is 0 Å². The van der Waals surface area contributed by atoms with Crippen molar-refractivity contribution in [3.05, 3.63) is 71.8 Å². The quantitative estimate of drug-likeness (QED) is 0.276. The fraction of sp³-hybridized carbons (Fsp3) is 0.452. The third kappa shape index (κ3) is 3.64. The maximum atomic E-state index is 14.2. The molecule has 39 heavy (non-hydrogen) atoms. The number of carbonyl (C=O) groups excluding carboxylic acids is 3. The van der Waals surface area contributed by atoms with Crippen LogP contribution in [0.2, 0.25) is 0 Å². The van der Waals surface area contributed by atoms with Crippen LogP contribution in [-0.2, 0) is 14.4 Å². The molecule has 5 unspecified atom stereocenters. The molecule has 206 valence electrons. The maximum Gasteiger partial charge on any atom is 0.247 e. The van der Waals surface area contributed by atoms with E-state index in [0.717, 1.165) is 22.3 Å². The summed E-state index contributed by atoms with van der Waals surface area (Å²) < 4.78 is -1.29. The summed E-state index contributed by atoms with van der Waals surface area (Å²) >= 11 is 3.84. The summed E-state index contributed by atoms with van der Waals surface area (Å²) in [4.78, 5) is 43.2. The van der Waals surface area contributed by atoms with E-state index in [9.17, 15) is 19.5 Å². The first-order valence-corrected chi connectivity index (χ1v) is 14.3. The Labute approximate surface area is 238 Å². The number of alkyl halides is 1. The number of halogens is 1. The van der Waals surface area contributed by atoms with Crippen molar-refractivity contribution in [1.82, 2.24) is 9.80 Å². The van der Waals surface area contributed by atoms with Crippen molar-refractivity contribution in [2.24, 2.45) is 22.5 Å². The number of likely N-dealkylation sites (N-methyl/N-ethyl adjacent to an activating group) is 1. The number of nitrogens with two attached hydrogens (primary N) is 1. The molecule has 1 saturated heterocycles. The third-order valence-corrected chi connectivity index (χ3v) is 10.9. The van der Waals surface area contributed by atoms with Crippen LogP contribution in [0, 0.1) is 16.7 Å². The molecule has 2 aromatic carbocycles. The highest BCUT2D eigenvalue weighted by Gasteiger charge is 2.85. The molecular formula is C31H36BrN3O4. The number of nitrogens with zero attached hydrogens (tertiary/aromatic N) is 2. The second kappa shape index (κ2) is 9.68. The lowest BCUT2D eigenvalue weighted by Gasteiger charge is -2.42. The standard InChI is InChI=1S/C31H36BrN3O4/c1-29-22(19-13-7-5-8-14-19)23(20-15-9-6-10-16-20)30(2,27(29)38)31(32)24(29)26(37)35(28(31)39)18-12-11-17-21(33)25(36)34(3)4/h5-10,13-16,21,24,27,38H,11-12,17-18,33H2,1-4H3/t21-,24?,27?,29?,30?,31?/m0/s1. The van der Waals surface area contributed by atoms with Crippen molar-refractivity contribution in [2.75, 3.05) is 20.6 Å². The molecule has 0 aromatic heterocycles. The molecule has 3 aliphatic rings. The zero-order chi connectivity index (χ0) is 28.3. The van der Waals surface area contributed by atoms with Gasteiger partial charge in [0.15, 0.2) is 0 Å². The van der Waals surface area contributed by atoms with Crippen LogP contribution in [0.4, 0.5) is 0 Å². The molecule has 1 aliphatic heterocycles. The van der Waals surface area contributed by atoms with Gasteiger partial charge in [0.2, 0.25) is 17.7 Å². The fourth-order valence-corrected chi connectivity index (χ4v) is 8.73. The van der Waals surface area contributed by atoms with Gasteiger partial charge in [-0.2, -0.15) is 0 Å². The topological polar surface area (TPSA) is 104 Å². The Morgan fingerprint density at radius 2 is 1.54 bits per heavy atom. The number of benzene rings is 2. The van der Waals surface area contributed by atoms with Crippen molar-refractivity contribution in [3.8, 4) is 0 Å². The molecule has 2 bridgehead atoms. The van der Waals surface area contributed by atoms with Crippen LogP contribution >= 0.6 is 15.9 Å². The normalized spacial score (nSPS) is 32.1. The highest BCUT2D eigenvalue weighted by atomic mass is 79.9. The third-order valence-electron chi connectivity index (χ3n) is 9.28. The number of fused-ring (bicyclic) bond motifs is 5. The highest BCUT2D eigenvalue weighted by Crippen LogP contribution is 2.79.